The first-order valence-electron chi connectivity index (χ1n) is 6.41. The van der Waals surface area contributed by atoms with Crippen LogP contribution in [0.15, 0.2) is 47.4 Å². The molecule has 0 bridgehead atoms. The van der Waals surface area contributed by atoms with Gasteiger partial charge in [0.2, 0.25) is 0 Å². The SMILES string of the molecule is Cc1ccc(C(=O)O)cc1S(=O)(=O)Nc1ccc(C(=O)O)cc1. The number of hydrogen-bond donors (Lipinski definition) is 3. The van der Waals surface area contributed by atoms with Crippen LogP contribution in [0.2, 0.25) is 0 Å². The summed E-state index contributed by atoms with van der Waals surface area (Å²) in [6, 6.07) is 8.96. The first kappa shape index (κ1) is 16.5. The number of anilines is 1. The predicted molar refractivity (Wildman–Crippen MR) is 82.3 cm³/mol. The summed E-state index contributed by atoms with van der Waals surface area (Å²) < 4.78 is 27.1. The van der Waals surface area contributed by atoms with Crippen molar-refractivity contribution >= 4 is 27.6 Å². The van der Waals surface area contributed by atoms with Gasteiger partial charge in [-0.15, -0.1) is 0 Å². The standard InChI is InChI=1S/C15H13NO6S/c1-9-2-3-11(15(19)20)8-13(9)23(21,22)16-12-6-4-10(5-7-12)14(17)18/h2-8,16H,1H3,(H,17,18)(H,19,20). The molecule has 0 heterocycles. The summed E-state index contributed by atoms with van der Waals surface area (Å²) in [5.41, 5.74) is 0.453. The number of benzene rings is 2. The van der Waals surface area contributed by atoms with Crippen molar-refractivity contribution < 1.29 is 28.2 Å². The molecule has 120 valence electrons. The molecule has 0 radical (unpaired) electrons. The Morgan fingerprint density at radius 3 is 1.96 bits per heavy atom. The Kier molecular flexibility index (Phi) is 4.37. The lowest BCUT2D eigenvalue weighted by Gasteiger charge is -2.11. The second-order valence-electron chi connectivity index (χ2n) is 4.77. The highest BCUT2D eigenvalue weighted by atomic mass is 32.2. The van der Waals surface area contributed by atoms with Crippen LogP contribution in [0.5, 0.6) is 0 Å². The van der Waals surface area contributed by atoms with E-state index in [0.717, 1.165) is 6.07 Å². The molecule has 0 saturated carbocycles. The van der Waals surface area contributed by atoms with Gasteiger partial charge in [-0.1, -0.05) is 6.07 Å². The molecule has 7 nitrogen and oxygen atoms in total. The zero-order valence-corrected chi connectivity index (χ0v) is 12.8. The molecule has 0 aliphatic rings. The fraction of sp³-hybridized carbons (Fsp3) is 0.0667. The van der Waals surface area contributed by atoms with Gasteiger partial charge in [-0.25, -0.2) is 18.0 Å². The Balaban J connectivity index is 2.37. The van der Waals surface area contributed by atoms with E-state index in [4.69, 9.17) is 10.2 Å². The third kappa shape index (κ3) is 3.67. The van der Waals surface area contributed by atoms with Gasteiger partial charge in [-0.3, -0.25) is 4.72 Å². The maximum Gasteiger partial charge on any atom is 0.335 e. The Hall–Kier alpha value is -2.87. The first-order valence-corrected chi connectivity index (χ1v) is 7.89. The lowest BCUT2D eigenvalue weighted by atomic mass is 10.1. The smallest absolute Gasteiger partial charge is 0.335 e. The molecule has 2 aromatic rings. The van der Waals surface area contributed by atoms with Gasteiger partial charge >= 0.3 is 11.9 Å². The van der Waals surface area contributed by atoms with Crippen molar-refractivity contribution in [2.75, 3.05) is 4.72 Å². The van der Waals surface area contributed by atoms with Crippen LogP contribution in [0.1, 0.15) is 26.3 Å². The van der Waals surface area contributed by atoms with Crippen molar-refractivity contribution in [3.8, 4) is 0 Å². The largest absolute Gasteiger partial charge is 0.478 e. The number of nitrogens with one attached hydrogen (secondary N) is 1. The molecule has 0 aliphatic carbocycles. The average Bonchev–Trinajstić information content (AvgIpc) is 2.47. The molecule has 2 rings (SSSR count). The van der Waals surface area contributed by atoms with E-state index >= 15 is 0 Å². The third-order valence-electron chi connectivity index (χ3n) is 3.11. The van der Waals surface area contributed by atoms with Crippen molar-refractivity contribution in [1.29, 1.82) is 0 Å². The molecular weight excluding hydrogens is 322 g/mol. The van der Waals surface area contributed by atoms with E-state index in [2.05, 4.69) is 4.72 Å². The lowest BCUT2D eigenvalue weighted by molar-refractivity contribution is 0.0686. The van der Waals surface area contributed by atoms with E-state index in [1.54, 1.807) is 6.92 Å². The van der Waals surface area contributed by atoms with Gasteiger partial charge < -0.3 is 10.2 Å². The normalized spacial score (nSPS) is 11.0. The summed E-state index contributed by atoms with van der Waals surface area (Å²) in [6.45, 7) is 1.55. The summed E-state index contributed by atoms with van der Waals surface area (Å²) in [7, 11) is -3.99. The number of hydrogen-bond acceptors (Lipinski definition) is 4. The zero-order valence-electron chi connectivity index (χ0n) is 12.0. The van der Waals surface area contributed by atoms with Gasteiger partial charge in [0.25, 0.3) is 10.0 Å². The Morgan fingerprint density at radius 1 is 0.913 bits per heavy atom. The lowest BCUT2D eigenvalue weighted by Crippen LogP contribution is -2.15. The fourth-order valence-corrected chi connectivity index (χ4v) is 3.24. The molecule has 0 amide bonds. The van der Waals surface area contributed by atoms with E-state index < -0.39 is 22.0 Å². The predicted octanol–water partition coefficient (Wildman–Crippen LogP) is 2.19. The van der Waals surface area contributed by atoms with E-state index in [1.807, 2.05) is 0 Å². The molecule has 23 heavy (non-hydrogen) atoms. The number of rotatable bonds is 5. The Bertz CT molecular complexity index is 871. The Morgan fingerprint density at radius 2 is 1.43 bits per heavy atom. The quantitative estimate of drug-likeness (QED) is 0.770. The molecule has 2 aromatic carbocycles. The maximum absolute atomic E-state index is 12.4. The van der Waals surface area contributed by atoms with Crippen molar-refractivity contribution in [3.63, 3.8) is 0 Å². The molecule has 3 N–H and O–H groups in total. The zero-order chi connectivity index (χ0) is 17.2. The minimum absolute atomic E-state index is 0.0250. The first-order chi connectivity index (χ1) is 10.7. The third-order valence-corrected chi connectivity index (χ3v) is 4.63. The number of aromatic carboxylic acids is 2. The molecule has 0 spiro atoms. The van der Waals surface area contributed by atoms with Crippen LogP contribution in [0.3, 0.4) is 0 Å². The summed E-state index contributed by atoms with van der Waals surface area (Å²) >= 11 is 0. The summed E-state index contributed by atoms with van der Waals surface area (Å²) in [6.07, 6.45) is 0. The van der Waals surface area contributed by atoms with Crippen LogP contribution in [0.4, 0.5) is 5.69 Å². The highest BCUT2D eigenvalue weighted by molar-refractivity contribution is 7.92. The van der Waals surface area contributed by atoms with Crippen molar-refractivity contribution in [2.45, 2.75) is 11.8 Å². The topological polar surface area (TPSA) is 121 Å². The van der Waals surface area contributed by atoms with Gasteiger partial charge in [0.05, 0.1) is 16.0 Å². The van der Waals surface area contributed by atoms with Crippen molar-refractivity contribution in [1.82, 2.24) is 0 Å². The summed E-state index contributed by atoms with van der Waals surface area (Å²) in [5, 5.41) is 17.8. The number of sulfonamides is 1. The van der Waals surface area contributed by atoms with Gasteiger partial charge in [0.1, 0.15) is 0 Å². The van der Waals surface area contributed by atoms with Crippen LogP contribution in [0, 0.1) is 6.92 Å². The second-order valence-corrected chi connectivity index (χ2v) is 6.42. The number of carboxylic acids is 2. The van der Waals surface area contributed by atoms with E-state index in [0.29, 0.717) is 5.56 Å². The van der Waals surface area contributed by atoms with Crippen LogP contribution in [-0.2, 0) is 10.0 Å². The van der Waals surface area contributed by atoms with Crippen LogP contribution in [0.25, 0.3) is 0 Å². The molecule has 0 aromatic heterocycles. The van der Waals surface area contributed by atoms with Gasteiger partial charge in [0.15, 0.2) is 0 Å². The molecule has 0 saturated heterocycles. The number of carbonyl (C=O) groups is 2. The number of carboxylic acid groups (broad SMARTS) is 2. The van der Waals surface area contributed by atoms with Crippen molar-refractivity contribution in [3.05, 3.63) is 59.2 Å². The van der Waals surface area contributed by atoms with Gasteiger partial charge in [-0.05, 0) is 48.9 Å². The summed E-state index contributed by atoms with van der Waals surface area (Å²) in [4.78, 5) is 21.6. The molecular formula is C15H13NO6S. The van der Waals surface area contributed by atoms with Crippen molar-refractivity contribution in [2.24, 2.45) is 0 Å². The highest BCUT2D eigenvalue weighted by Crippen LogP contribution is 2.21. The molecule has 8 heteroatoms. The average molecular weight is 335 g/mol. The monoisotopic (exact) mass is 335 g/mol. The van der Waals surface area contributed by atoms with Crippen LogP contribution in [-0.4, -0.2) is 30.6 Å². The van der Waals surface area contributed by atoms with Crippen LogP contribution < -0.4 is 4.72 Å². The molecule has 0 atom stereocenters. The minimum Gasteiger partial charge on any atom is -0.478 e. The van der Waals surface area contributed by atoms with Gasteiger partial charge in [-0.2, -0.15) is 0 Å². The Labute approximate surface area is 132 Å². The number of aryl methyl sites for hydroxylation is 1. The molecule has 0 unspecified atom stereocenters. The van der Waals surface area contributed by atoms with E-state index in [9.17, 15) is 18.0 Å². The van der Waals surface area contributed by atoms with E-state index in [1.165, 1.54) is 36.4 Å². The maximum atomic E-state index is 12.4. The highest BCUT2D eigenvalue weighted by Gasteiger charge is 2.19. The molecule has 0 fully saturated rings. The fourth-order valence-electron chi connectivity index (χ4n) is 1.91. The van der Waals surface area contributed by atoms with Crippen LogP contribution >= 0.6 is 0 Å². The van der Waals surface area contributed by atoms with E-state index in [-0.39, 0.29) is 21.7 Å². The van der Waals surface area contributed by atoms with Gasteiger partial charge in [0, 0.05) is 5.69 Å². The minimum atomic E-state index is -3.99. The molecule has 0 aliphatic heterocycles. The second kappa shape index (κ2) is 6.09. The summed E-state index contributed by atoms with van der Waals surface area (Å²) in [5.74, 6) is -2.35.